The van der Waals surface area contributed by atoms with Crippen molar-refractivity contribution in [3.63, 3.8) is 0 Å². The zero-order valence-corrected chi connectivity index (χ0v) is 7.76. The molecular weight excluding hydrogens is 204 g/mol. The quantitative estimate of drug-likeness (QED) is 0.439. The van der Waals surface area contributed by atoms with Crippen LogP contribution in [0.2, 0.25) is 0 Å². The SMILES string of the molecule is Cc1cc([N+](=O)[O-])cc([N+](=O)[O-])c1NN. The van der Waals surface area contributed by atoms with Gasteiger partial charge in [0.25, 0.3) is 5.69 Å². The number of hydrogen-bond acceptors (Lipinski definition) is 6. The lowest BCUT2D eigenvalue weighted by atomic mass is 10.1. The van der Waals surface area contributed by atoms with Crippen molar-refractivity contribution < 1.29 is 9.85 Å². The molecule has 1 aromatic carbocycles. The van der Waals surface area contributed by atoms with E-state index >= 15 is 0 Å². The molecule has 0 bridgehead atoms. The average molecular weight is 212 g/mol. The van der Waals surface area contributed by atoms with Crippen LogP contribution in [0.25, 0.3) is 0 Å². The van der Waals surface area contributed by atoms with E-state index in [0.717, 1.165) is 6.07 Å². The molecule has 0 aliphatic carbocycles. The van der Waals surface area contributed by atoms with Crippen LogP contribution >= 0.6 is 0 Å². The Kier molecular flexibility index (Phi) is 2.81. The van der Waals surface area contributed by atoms with Crippen molar-refractivity contribution in [2.24, 2.45) is 5.84 Å². The number of anilines is 1. The maximum Gasteiger partial charge on any atom is 0.300 e. The molecule has 0 atom stereocenters. The van der Waals surface area contributed by atoms with Crippen LogP contribution in [0.1, 0.15) is 5.56 Å². The first kappa shape index (κ1) is 10.9. The van der Waals surface area contributed by atoms with E-state index in [-0.39, 0.29) is 11.4 Å². The summed E-state index contributed by atoms with van der Waals surface area (Å²) >= 11 is 0. The van der Waals surface area contributed by atoms with Gasteiger partial charge in [-0.1, -0.05) is 0 Å². The summed E-state index contributed by atoms with van der Waals surface area (Å²) in [6.45, 7) is 1.50. The second-order valence-electron chi connectivity index (χ2n) is 2.82. The molecule has 0 spiro atoms. The highest BCUT2D eigenvalue weighted by Gasteiger charge is 2.21. The molecule has 8 nitrogen and oxygen atoms in total. The summed E-state index contributed by atoms with van der Waals surface area (Å²) in [6, 6.07) is 2.07. The number of nitro benzene ring substituents is 2. The summed E-state index contributed by atoms with van der Waals surface area (Å²) in [5.41, 5.74) is 1.82. The van der Waals surface area contributed by atoms with E-state index in [1.807, 2.05) is 0 Å². The fourth-order valence-electron chi connectivity index (χ4n) is 1.19. The number of benzene rings is 1. The second-order valence-corrected chi connectivity index (χ2v) is 2.82. The van der Waals surface area contributed by atoms with Gasteiger partial charge in [0.15, 0.2) is 0 Å². The fraction of sp³-hybridized carbons (Fsp3) is 0.143. The predicted octanol–water partition coefficient (Wildman–Crippen LogP) is 1.10. The average Bonchev–Trinajstić information content (AvgIpc) is 2.16. The topological polar surface area (TPSA) is 124 Å². The van der Waals surface area contributed by atoms with E-state index in [4.69, 9.17) is 5.84 Å². The number of rotatable bonds is 3. The Morgan fingerprint density at radius 2 is 1.87 bits per heavy atom. The van der Waals surface area contributed by atoms with Crippen molar-refractivity contribution in [3.8, 4) is 0 Å². The zero-order chi connectivity index (χ0) is 11.6. The molecule has 1 rings (SSSR count). The molecule has 1 aromatic rings. The van der Waals surface area contributed by atoms with Crippen molar-refractivity contribution in [3.05, 3.63) is 37.9 Å². The number of non-ortho nitro benzene ring substituents is 1. The van der Waals surface area contributed by atoms with Crippen LogP contribution < -0.4 is 11.3 Å². The van der Waals surface area contributed by atoms with Gasteiger partial charge in [0, 0.05) is 6.07 Å². The molecule has 0 fully saturated rings. The predicted molar refractivity (Wildman–Crippen MR) is 52.3 cm³/mol. The molecule has 0 saturated heterocycles. The molecule has 3 N–H and O–H groups in total. The van der Waals surface area contributed by atoms with Crippen molar-refractivity contribution >= 4 is 17.1 Å². The number of hydrogen-bond donors (Lipinski definition) is 2. The highest BCUT2D eigenvalue weighted by Crippen LogP contribution is 2.31. The summed E-state index contributed by atoms with van der Waals surface area (Å²) < 4.78 is 0. The molecule has 0 saturated carbocycles. The lowest BCUT2D eigenvalue weighted by Gasteiger charge is -2.04. The zero-order valence-electron chi connectivity index (χ0n) is 7.76. The Hall–Kier alpha value is -2.22. The monoisotopic (exact) mass is 212 g/mol. The first-order valence-corrected chi connectivity index (χ1v) is 3.87. The van der Waals surface area contributed by atoms with Gasteiger partial charge < -0.3 is 5.43 Å². The third-order valence-electron chi connectivity index (χ3n) is 1.85. The Labute approximate surface area is 84.0 Å². The molecule has 0 unspecified atom stereocenters. The van der Waals surface area contributed by atoms with Crippen molar-refractivity contribution in [1.29, 1.82) is 0 Å². The molecule has 15 heavy (non-hydrogen) atoms. The highest BCUT2D eigenvalue weighted by atomic mass is 16.6. The minimum Gasteiger partial charge on any atom is -0.318 e. The standard InChI is InChI=1S/C7H8N4O4/c1-4-2-5(10(12)13)3-6(11(14)15)7(4)9-8/h2-3,9H,8H2,1H3. The maximum absolute atomic E-state index is 10.6. The molecule has 0 heterocycles. The Morgan fingerprint density at radius 1 is 1.27 bits per heavy atom. The fourth-order valence-corrected chi connectivity index (χ4v) is 1.19. The van der Waals surface area contributed by atoms with Crippen LogP contribution in [-0.2, 0) is 0 Å². The number of nitrogens with two attached hydrogens (primary N) is 1. The number of hydrazine groups is 1. The lowest BCUT2D eigenvalue weighted by Crippen LogP contribution is -2.11. The molecule has 8 heteroatoms. The number of nitro groups is 2. The normalized spacial score (nSPS) is 9.73. The van der Waals surface area contributed by atoms with E-state index in [9.17, 15) is 20.2 Å². The van der Waals surface area contributed by atoms with Gasteiger partial charge in [-0.2, -0.15) is 0 Å². The van der Waals surface area contributed by atoms with Crippen molar-refractivity contribution in [1.82, 2.24) is 0 Å². The Balaban J connectivity index is 3.45. The van der Waals surface area contributed by atoms with Crippen LogP contribution in [0.5, 0.6) is 0 Å². The van der Waals surface area contributed by atoms with Gasteiger partial charge in [-0.25, -0.2) is 0 Å². The molecule has 0 radical (unpaired) electrons. The molecule has 80 valence electrons. The van der Waals surface area contributed by atoms with Gasteiger partial charge in [-0.3, -0.25) is 26.1 Å². The molecule has 0 aromatic heterocycles. The van der Waals surface area contributed by atoms with Gasteiger partial charge >= 0.3 is 5.69 Å². The summed E-state index contributed by atoms with van der Waals surface area (Å²) in [4.78, 5) is 19.6. The largest absolute Gasteiger partial charge is 0.318 e. The van der Waals surface area contributed by atoms with Gasteiger partial charge in [-0.15, -0.1) is 0 Å². The van der Waals surface area contributed by atoms with Gasteiger partial charge in [0.05, 0.1) is 15.9 Å². The van der Waals surface area contributed by atoms with E-state index in [1.54, 1.807) is 0 Å². The van der Waals surface area contributed by atoms with E-state index in [0.29, 0.717) is 5.56 Å². The second kappa shape index (κ2) is 3.88. The number of nitrogens with zero attached hydrogens (tertiary/aromatic N) is 2. The first-order chi connectivity index (χ1) is 6.97. The summed E-state index contributed by atoms with van der Waals surface area (Å²) in [7, 11) is 0. The molecule has 0 aliphatic rings. The summed E-state index contributed by atoms with van der Waals surface area (Å²) in [5, 5.41) is 21.1. The molecule has 0 amide bonds. The van der Waals surface area contributed by atoms with Crippen molar-refractivity contribution in [2.45, 2.75) is 6.92 Å². The lowest BCUT2D eigenvalue weighted by molar-refractivity contribution is -0.393. The minimum atomic E-state index is -0.727. The summed E-state index contributed by atoms with van der Waals surface area (Å²) in [6.07, 6.45) is 0. The smallest absolute Gasteiger partial charge is 0.300 e. The number of nitrogens with one attached hydrogen (secondary N) is 1. The Morgan fingerprint density at radius 3 is 2.27 bits per heavy atom. The van der Waals surface area contributed by atoms with E-state index in [2.05, 4.69) is 5.43 Å². The minimum absolute atomic E-state index is 0.0746. The van der Waals surface area contributed by atoms with Crippen LogP contribution in [0, 0.1) is 27.2 Å². The van der Waals surface area contributed by atoms with Crippen LogP contribution in [-0.4, -0.2) is 9.85 Å². The Bertz CT molecular complexity index is 431. The number of aryl methyl sites for hydroxylation is 1. The van der Waals surface area contributed by atoms with Gasteiger partial charge in [-0.05, 0) is 12.5 Å². The molecule has 0 aliphatic heterocycles. The maximum atomic E-state index is 10.6. The van der Waals surface area contributed by atoms with Gasteiger partial charge in [0.1, 0.15) is 5.69 Å². The van der Waals surface area contributed by atoms with Gasteiger partial charge in [0.2, 0.25) is 0 Å². The van der Waals surface area contributed by atoms with E-state index < -0.39 is 15.5 Å². The summed E-state index contributed by atoms with van der Waals surface area (Å²) in [5.74, 6) is 5.09. The number of nitrogen functional groups attached to an aromatic ring is 1. The highest BCUT2D eigenvalue weighted by molar-refractivity contribution is 5.69. The first-order valence-electron chi connectivity index (χ1n) is 3.87. The van der Waals surface area contributed by atoms with Crippen LogP contribution in [0.15, 0.2) is 12.1 Å². The third kappa shape index (κ3) is 1.99. The van der Waals surface area contributed by atoms with Crippen LogP contribution in [0.4, 0.5) is 17.1 Å². The third-order valence-corrected chi connectivity index (χ3v) is 1.85. The molecular formula is C7H8N4O4. The van der Waals surface area contributed by atoms with E-state index in [1.165, 1.54) is 13.0 Å². The van der Waals surface area contributed by atoms with Crippen molar-refractivity contribution in [2.75, 3.05) is 5.43 Å². The van der Waals surface area contributed by atoms with Crippen LogP contribution in [0.3, 0.4) is 0 Å².